The molecule has 0 aromatic heterocycles. The highest BCUT2D eigenvalue weighted by Gasteiger charge is 2.40. The second-order valence-corrected chi connectivity index (χ2v) is 5.42. The van der Waals surface area contributed by atoms with Crippen molar-refractivity contribution in [3.8, 4) is 0 Å². The number of ketones is 1. The lowest BCUT2D eigenvalue weighted by atomic mass is 9.96. The highest BCUT2D eigenvalue weighted by atomic mass is 16.2. The van der Waals surface area contributed by atoms with Crippen molar-refractivity contribution in [3.05, 3.63) is 59.3 Å². The number of carbonyl (C=O) groups excluding carboxylic acids is 2. The lowest BCUT2D eigenvalue weighted by Crippen LogP contribution is -2.40. The van der Waals surface area contributed by atoms with E-state index >= 15 is 0 Å². The molecule has 0 spiro atoms. The number of allylic oxidation sites excluding steroid dienone is 2. The molecule has 2 heterocycles. The third kappa shape index (κ3) is 2.33. The van der Waals surface area contributed by atoms with Crippen LogP contribution in [-0.4, -0.2) is 28.8 Å². The fraction of sp³-hybridized carbons (Fsp3) is 0.235. The van der Waals surface area contributed by atoms with E-state index in [1.54, 1.807) is 4.90 Å². The van der Waals surface area contributed by atoms with Gasteiger partial charge in [0.25, 0.3) is 0 Å². The molecule has 0 amide bonds. The van der Waals surface area contributed by atoms with Crippen LogP contribution >= 0.6 is 0 Å². The standard InChI is InChI=1S/C17H16N2O2/c1-11-3-6-13(7-4-11)16-17(14(21)10-20)19-9-12(2)5-8-15(19)18-16/h3-10,16-17H,1-2H3. The van der Waals surface area contributed by atoms with E-state index < -0.39 is 11.8 Å². The number of fused-ring (bicyclic) bond motifs is 1. The number of aldehydes is 1. The van der Waals surface area contributed by atoms with E-state index in [1.165, 1.54) is 0 Å². The number of hydrogen-bond acceptors (Lipinski definition) is 4. The molecule has 2 unspecified atom stereocenters. The van der Waals surface area contributed by atoms with Gasteiger partial charge in [-0.3, -0.25) is 14.6 Å². The van der Waals surface area contributed by atoms with Crippen molar-refractivity contribution in [1.82, 2.24) is 4.90 Å². The number of aliphatic imine (C=N–C) groups is 1. The van der Waals surface area contributed by atoms with Crippen molar-refractivity contribution in [2.24, 2.45) is 4.99 Å². The van der Waals surface area contributed by atoms with Crippen molar-refractivity contribution in [1.29, 1.82) is 0 Å². The largest absolute Gasteiger partial charge is 0.319 e. The molecule has 2 atom stereocenters. The summed E-state index contributed by atoms with van der Waals surface area (Å²) >= 11 is 0. The first-order valence-electron chi connectivity index (χ1n) is 6.88. The average molecular weight is 280 g/mol. The van der Waals surface area contributed by atoms with E-state index in [2.05, 4.69) is 4.99 Å². The van der Waals surface area contributed by atoms with Gasteiger partial charge < -0.3 is 4.90 Å². The van der Waals surface area contributed by atoms with E-state index in [0.717, 1.165) is 22.5 Å². The number of hydrogen-bond donors (Lipinski definition) is 0. The van der Waals surface area contributed by atoms with Crippen LogP contribution in [0.25, 0.3) is 0 Å². The van der Waals surface area contributed by atoms with Crippen molar-refractivity contribution < 1.29 is 9.59 Å². The SMILES string of the molecule is CC1=CN2C(=NC(c3ccc(C)cc3)C2C(=O)C=O)C=C1. The first-order valence-corrected chi connectivity index (χ1v) is 6.88. The molecule has 2 aliphatic rings. The molecule has 0 saturated heterocycles. The summed E-state index contributed by atoms with van der Waals surface area (Å²) in [5, 5.41) is 0. The van der Waals surface area contributed by atoms with Crippen molar-refractivity contribution >= 4 is 17.9 Å². The zero-order valence-electron chi connectivity index (χ0n) is 12.0. The molecule has 0 saturated carbocycles. The minimum absolute atomic E-state index is 0.342. The number of carbonyl (C=O) groups is 2. The van der Waals surface area contributed by atoms with Gasteiger partial charge in [0.05, 0.1) is 0 Å². The zero-order chi connectivity index (χ0) is 15.0. The quantitative estimate of drug-likeness (QED) is 0.631. The van der Waals surface area contributed by atoms with Gasteiger partial charge in [0, 0.05) is 6.20 Å². The van der Waals surface area contributed by atoms with Crippen LogP contribution in [0.4, 0.5) is 0 Å². The summed E-state index contributed by atoms with van der Waals surface area (Å²) < 4.78 is 0. The van der Waals surface area contributed by atoms with Gasteiger partial charge in [-0.2, -0.15) is 0 Å². The molecule has 2 aliphatic heterocycles. The molecule has 3 rings (SSSR count). The Hall–Kier alpha value is -2.49. The topological polar surface area (TPSA) is 49.7 Å². The van der Waals surface area contributed by atoms with Gasteiger partial charge in [0.15, 0.2) is 6.29 Å². The summed E-state index contributed by atoms with van der Waals surface area (Å²) in [6.45, 7) is 3.96. The first-order chi connectivity index (χ1) is 10.1. The number of rotatable bonds is 3. The minimum atomic E-state index is -0.583. The number of benzene rings is 1. The molecular weight excluding hydrogens is 264 g/mol. The van der Waals surface area contributed by atoms with E-state index in [0.29, 0.717) is 6.29 Å². The van der Waals surface area contributed by atoms with E-state index in [4.69, 9.17) is 0 Å². The molecule has 1 aromatic rings. The van der Waals surface area contributed by atoms with Crippen LogP contribution in [0, 0.1) is 6.92 Å². The van der Waals surface area contributed by atoms with Crippen LogP contribution in [0.1, 0.15) is 24.1 Å². The van der Waals surface area contributed by atoms with Gasteiger partial charge in [-0.15, -0.1) is 0 Å². The Kier molecular flexibility index (Phi) is 3.29. The molecule has 1 aromatic carbocycles. The summed E-state index contributed by atoms with van der Waals surface area (Å²) in [6.07, 6.45) is 6.11. The maximum Gasteiger partial charge on any atom is 0.220 e. The Balaban J connectivity index is 2.04. The molecule has 0 bridgehead atoms. The normalized spacial score (nSPS) is 23.4. The molecule has 4 nitrogen and oxygen atoms in total. The van der Waals surface area contributed by atoms with Gasteiger partial charge in [-0.05, 0) is 31.1 Å². The zero-order valence-corrected chi connectivity index (χ0v) is 12.0. The fourth-order valence-corrected chi connectivity index (χ4v) is 2.70. The predicted molar refractivity (Wildman–Crippen MR) is 81.0 cm³/mol. The molecule has 0 N–H and O–H groups in total. The first kappa shape index (κ1) is 13.5. The molecule has 0 radical (unpaired) electrons. The van der Waals surface area contributed by atoms with Crippen LogP contribution in [0.2, 0.25) is 0 Å². The Bertz CT molecular complexity index is 683. The molecule has 4 heteroatoms. The van der Waals surface area contributed by atoms with Gasteiger partial charge in [-0.1, -0.05) is 35.9 Å². The Labute approximate surface area is 123 Å². The van der Waals surface area contributed by atoms with Crippen LogP contribution in [0.5, 0.6) is 0 Å². The van der Waals surface area contributed by atoms with Crippen molar-refractivity contribution in [3.63, 3.8) is 0 Å². The monoisotopic (exact) mass is 280 g/mol. The van der Waals surface area contributed by atoms with E-state index in [-0.39, 0.29) is 6.04 Å². The summed E-state index contributed by atoms with van der Waals surface area (Å²) in [5.74, 6) is 0.282. The van der Waals surface area contributed by atoms with Gasteiger partial charge in [0.1, 0.15) is 17.9 Å². The van der Waals surface area contributed by atoms with Crippen molar-refractivity contribution in [2.45, 2.75) is 25.9 Å². The Morgan fingerprint density at radius 3 is 2.57 bits per heavy atom. The summed E-state index contributed by atoms with van der Waals surface area (Å²) in [6, 6.07) is 6.99. The van der Waals surface area contributed by atoms with Crippen LogP contribution in [-0.2, 0) is 9.59 Å². The third-order valence-corrected chi connectivity index (χ3v) is 3.80. The van der Waals surface area contributed by atoms with E-state index in [9.17, 15) is 9.59 Å². The maximum absolute atomic E-state index is 12.1. The Morgan fingerprint density at radius 1 is 1.19 bits per heavy atom. The highest BCUT2D eigenvalue weighted by molar-refractivity contribution is 6.29. The third-order valence-electron chi connectivity index (χ3n) is 3.80. The summed E-state index contributed by atoms with van der Waals surface area (Å²) in [7, 11) is 0. The smallest absolute Gasteiger partial charge is 0.220 e. The second kappa shape index (κ2) is 5.13. The second-order valence-electron chi connectivity index (χ2n) is 5.42. The molecule has 21 heavy (non-hydrogen) atoms. The molecule has 0 fully saturated rings. The van der Waals surface area contributed by atoms with Crippen molar-refractivity contribution in [2.75, 3.05) is 0 Å². The highest BCUT2D eigenvalue weighted by Crippen LogP contribution is 2.34. The van der Waals surface area contributed by atoms with Crippen LogP contribution in [0.15, 0.2) is 53.2 Å². The molecule has 0 aliphatic carbocycles. The summed E-state index contributed by atoms with van der Waals surface area (Å²) in [5.41, 5.74) is 3.13. The van der Waals surface area contributed by atoms with Gasteiger partial charge in [0.2, 0.25) is 5.78 Å². The minimum Gasteiger partial charge on any atom is -0.319 e. The predicted octanol–water partition coefficient (Wildman–Crippen LogP) is 2.36. The number of nitrogens with zero attached hydrogens (tertiary/aromatic N) is 2. The molecule has 106 valence electrons. The average Bonchev–Trinajstić information content (AvgIpc) is 2.85. The Morgan fingerprint density at radius 2 is 1.90 bits per heavy atom. The number of amidine groups is 1. The fourth-order valence-electron chi connectivity index (χ4n) is 2.70. The number of Topliss-reactive ketones (excluding diaryl/α,β-unsaturated/α-hetero) is 1. The van der Waals surface area contributed by atoms with Crippen LogP contribution < -0.4 is 0 Å². The lowest BCUT2D eigenvalue weighted by molar-refractivity contribution is -0.132. The lowest BCUT2D eigenvalue weighted by Gasteiger charge is -2.26. The van der Waals surface area contributed by atoms with E-state index in [1.807, 2.05) is 56.5 Å². The summed E-state index contributed by atoms with van der Waals surface area (Å²) in [4.78, 5) is 29.5. The van der Waals surface area contributed by atoms with Gasteiger partial charge >= 0.3 is 0 Å². The number of aryl methyl sites for hydroxylation is 1. The molecular formula is C17H16N2O2. The maximum atomic E-state index is 12.1. The van der Waals surface area contributed by atoms with Crippen LogP contribution in [0.3, 0.4) is 0 Å². The van der Waals surface area contributed by atoms with Gasteiger partial charge in [-0.25, -0.2) is 0 Å².